The standard InChI is InChI=1S/C10H22N2S/c1-8(6-11)10(3)12-4-5-13-9(2)7-12/h8-10H,4-7,11H2,1-3H3. The molecular weight excluding hydrogens is 180 g/mol. The Morgan fingerprint density at radius 1 is 1.54 bits per heavy atom. The Labute approximate surface area is 86.2 Å². The molecule has 0 aromatic heterocycles. The molecule has 1 fully saturated rings. The van der Waals surface area contributed by atoms with Gasteiger partial charge < -0.3 is 5.73 Å². The van der Waals surface area contributed by atoms with Gasteiger partial charge in [-0.2, -0.15) is 11.8 Å². The minimum atomic E-state index is 0.621. The molecule has 1 aliphatic heterocycles. The van der Waals surface area contributed by atoms with Crippen molar-refractivity contribution in [3.8, 4) is 0 Å². The van der Waals surface area contributed by atoms with Gasteiger partial charge in [-0.15, -0.1) is 0 Å². The first kappa shape index (κ1) is 11.3. The molecule has 0 aromatic carbocycles. The number of hydrogen-bond donors (Lipinski definition) is 1. The van der Waals surface area contributed by atoms with E-state index in [9.17, 15) is 0 Å². The van der Waals surface area contributed by atoms with Crippen LogP contribution in [0.2, 0.25) is 0 Å². The highest BCUT2D eigenvalue weighted by Crippen LogP contribution is 2.21. The summed E-state index contributed by atoms with van der Waals surface area (Å²) in [6.07, 6.45) is 0. The summed E-state index contributed by atoms with van der Waals surface area (Å²) in [5.41, 5.74) is 5.68. The van der Waals surface area contributed by atoms with Gasteiger partial charge in [0.1, 0.15) is 0 Å². The quantitative estimate of drug-likeness (QED) is 0.750. The Morgan fingerprint density at radius 2 is 2.23 bits per heavy atom. The van der Waals surface area contributed by atoms with Crippen molar-refractivity contribution in [3.05, 3.63) is 0 Å². The van der Waals surface area contributed by atoms with Gasteiger partial charge in [-0.05, 0) is 19.4 Å². The third-order valence-electron chi connectivity index (χ3n) is 3.04. The summed E-state index contributed by atoms with van der Waals surface area (Å²) in [4.78, 5) is 2.58. The van der Waals surface area contributed by atoms with Crippen LogP contribution in [0.4, 0.5) is 0 Å². The zero-order chi connectivity index (χ0) is 9.84. The van der Waals surface area contributed by atoms with E-state index in [0.29, 0.717) is 12.0 Å². The van der Waals surface area contributed by atoms with Crippen molar-refractivity contribution in [3.63, 3.8) is 0 Å². The van der Waals surface area contributed by atoms with E-state index in [1.54, 1.807) is 0 Å². The molecule has 3 unspecified atom stereocenters. The first-order valence-electron chi connectivity index (χ1n) is 5.21. The Bertz CT molecular complexity index is 152. The second-order valence-corrected chi connectivity index (χ2v) is 5.68. The van der Waals surface area contributed by atoms with Crippen molar-refractivity contribution in [2.24, 2.45) is 11.7 Å². The molecule has 0 aromatic rings. The number of hydrogen-bond acceptors (Lipinski definition) is 3. The topological polar surface area (TPSA) is 29.3 Å². The maximum atomic E-state index is 5.68. The SMILES string of the molecule is CC1CN(C(C)C(C)CN)CCS1. The van der Waals surface area contributed by atoms with Gasteiger partial charge in [0, 0.05) is 30.1 Å². The molecule has 0 amide bonds. The Kier molecular flexibility index (Phi) is 4.56. The van der Waals surface area contributed by atoms with Crippen LogP contribution in [0, 0.1) is 5.92 Å². The lowest BCUT2D eigenvalue weighted by atomic mass is 10.0. The average Bonchev–Trinajstić information content (AvgIpc) is 2.15. The van der Waals surface area contributed by atoms with Crippen LogP contribution in [-0.4, -0.2) is 41.6 Å². The van der Waals surface area contributed by atoms with Gasteiger partial charge in [0.25, 0.3) is 0 Å². The molecule has 2 nitrogen and oxygen atoms in total. The highest BCUT2D eigenvalue weighted by atomic mass is 32.2. The molecular formula is C10H22N2S. The Morgan fingerprint density at radius 3 is 2.77 bits per heavy atom. The minimum absolute atomic E-state index is 0.621. The average molecular weight is 202 g/mol. The van der Waals surface area contributed by atoms with Crippen LogP contribution in [0.15, 0.2) is 0 Å². The van der Waals surface area contributed by atoms with Crippen LogP contribution >= 0.6 is 11.8 Å². The van der Waals surface area contributed by atoms with Crippen molar-refractivity contribution < 1.29 is 0 Å². The predicted molar refractivity (Wildman–Crippen MR) is 61.2 cm³/mol. The lowest BCUT2D eigenvalue weighted by Gasteiger charge is -2.37. The van der Waals surface area contributed by atoms with E-state index >= 15 is 0 Å². The summed E-state index contributed by atoms with van der Waals surface area (Å²) in [6.45, 7) is 10.1. The van der Waals surface area contributed by atoms with Gasteiger partial charge in [0.2, 0.25) is 0 Å². The van der Waals surface area contributed by atoms with Crippen LogP contribution in [0.5, 0.6) is 0 Å². The summed E-state index contributed by atoms with van der Waals surface area (Å²) in [6, 6.07) is 0.647. The molecule has 0 aliphatic carbocycles. The lowest BCUT2D eigenvalue weighted by molar-refractivity contribution is 0.171. The summed E-state index contributed by atoms with van der Waals surface area (Å²) in [7, 11) is 0. The molecule has 2 N–H and O–H groups in total. The Hall–Kier alpha value is 0.270. The fourth-order valence-corrected chi connectivity index (χ4v) is 2.81. The summed E-state index contributed by atoms with van der Waals surface area (Å²) in [5, 5.41) is 0.793. The summed E-state index contributed by atoms with van der Waals surface area (Å²) >= 11 is 2.09. The van der Waals surface area contributed by atoms with Crippen molar-refractivity contribution in [1.29, 1.82) is 0 Å². The first-order valence-corrected chi connectivity index (χ1v) is 6.25. The van der Waals surface area contributed by atoms with E-state index in [1.807, 2.05) is 0 Å². The van der Waals surface area contributed by atoms with Gasteiger partial charge in [0.15, 0.2) is 0 Å². The van der Waals surface area contributed by atoms with Crippen molar-refractivity contribution in [2.45, 2.75) is 32.1 Å². The maximum Gasteiger partial charge on any atom is 0.0147 e. The molecule has 1 heterocycles. The molecule has 78 valence electrons. The third kappa shape index (κ3) is 3.15. The molecule has 1 saturated heterocycles. The van der Waals surface area contributed by atoms with Crippen molar-refractivity contribution in [2.75, 3.05) is 25.4 Å². The fraction of sp³-hybridized carbons (Fsp3) is 1.00. The highest BCUT2D eigenvalue weighted by Gasteiger charge is 2.23. The second kappa shape index (κ2) is 5.23. The molecule has 1 aliphatic rings. The number of thioether (sulfide) groups is 1. The fourth-order valence-electron chi connectivity index (χ4n) is 1.77. The van der Waals surface area contributed by atoms with E-state index in [0.717, 1.165) is 11.8 Å². The molecule has 3 heteroatoms. The Balaban J connectivity index is 2.41. The second-order valence-electron chi connectivity index (χ2n) is 4.13. The van der Waals surface area contributed by atoms with E-state index in [2.05, 4.69) is 37.4 Å². The third-order valence-corrected chi connectivity index (χ3v) is 4.18. The van der Waals surface area contributed by atoms with Crippen molar-refractivity contribution in [1.82, 2.24) is 4.90 Å². The zero-order valence-electron chi connectivity index (χ0n) is 8.99. The minimum Gasteiger partial charge on any atom is -0.330 e. The van der Waals surface area contributed by atoms with Crippen molar-refractivity contribution >= 4 is 11.8 Å². The number of nitrogens with zero attached hydrogens (tertiary/aromatic N) is 1. The normalized spacial score (nSPS) is 30.0. The van der Waals surface area contributed by atoms with Gasteiger partial charge >= 0.3 is 0 Å². The largest absolute Gasteiger partial charge is 0.330 e. The predicted octanol–water partition coefficient (Wildman–Crippen LogP) is 1.41. The highest BCUT2D eigenvalue weighted by molar-refractivity contribution is 7.99. The van der Waals surface area contributed by atoms with Crippen LogP contribution in [0.1, 0.15) is 20.8 Å². The lowest BCUT2D eigenvalue weighted by Crippen LogP contribution is -2.46. The molecule has 0 spiro atoms. The van der Waals surface area contributed by atoms with Gasteiger partial charge in [0.05, 0.1) is 0 Å². The zero-order valence-corrected chi connectivity index (χ0v) is 9.81. The first-order chi connectivity index (χ1) is 6.15. The molecule has 3 atom stereocenters. The van der Waals surface area contributed by atoms with Crippen LogP contribution in [0.25, 0.3) is 0 Å². The summed E-state index contributed by atoms with van der Waals surface area (Å²) < 4.78 is 0. The van der Waals surface area contributed by atoms with Crippen LogP contribution in [-0.2, 0) is 0 Å². The molecule has 0 radical (unpaired) electrons. The van der Waals surface area contributed by atoms with Crippen LogP contribution in [0.3, 0.4) is 0 Å². The van der Waals surface area contributed by atoms with E-state index in [4.69, 9.17) is 5.73 Å². The van der Waals surface area contributed by atoms with Gasteiger partial charge in [-0.3, -0.25) is 4.90 Å². The van der Waals surface area contributed by atoms with E-state index < -0.39 is 0 Å². The number of rotatable bonds is 3. The van der Waals surface area contributed by atoms with Gasteiger partial charge in [-0.25, -0.2) is 0 Å². The molecule has 13 heavy (non-hydrogen) atoms. The smallest absolute Gasteiger partial charge is 0.0147 e. The molecule has 1 rings (SSSR count). The van der Waals surface area contributed by atoms with Gasteiger partial charge in [-0.1, -0.05) is 13.8 Å². The van der Waals surface area contributed by atoms with E-state index in [1.165, 1.54) is 18.8 Å². The number of nitrogens with two attached hydrogens (primary N) is 1. The maximum absolute atomic E-state index is 5.68. The van der Waals surface area contributed by atoms with E-state index in [-0.39, 0.29) is 0 Å². The monoisotopic (exact) mass is 202 g/mol. The molecule has 0 saturated carbocycles. The summed E-state index contributed by atoms with van der Waals surface area (Å²) in [5.74, 6) is 1.90. The molecule has 0 bridgehead atoms. The van der Waals surface area contributed by atoms with Crippen LogP contribution < -0.4 is 5.73 Å².